The minimum absolute atomic E-state index is 0.109. The standard InChI is InChI=1S/C18H22N6/c1-18(4-5-18)24-17-15-8-16(22-13-3-2-6-20-11-13)21-10-12(15)7-14(9-19)23-17/h7-8,10,13,20H,2-6,11H2,1H3,(H,21,22)(H,23,24)/t13-/m0/s1. The zero-order chi connectivity index (χ0) is 16.6. The first-order valence-electron chi connectivity index (χ1n) is 8.62. The van der Waals surface area contributed by atoms with Gasteiger partial charge in [0, 0.05) is 35.1 Å². The van der Waals surface area contributed by atoms with Crippen molar-refractivity contribution in [1.82, 2.24) is 15.3 Å². The van der Waals surface area contributed by atoms with E-state index in [0.717, 1.165) is 54.8 Å². The van der Waals surface area contributed by atoms with E-state index in [1.165, 1.54) is 6.42 Å². The second-order valence-electron chi connectivity index (χ2n) is 7.13. The van der Waals surface area contributed by atoms with Crippen molar-refractivity contribution in [2.75, 3.05) is 23.7 Å². The number of rotatable bonds is 4. The number of piperidine rings is 1. The van der Waals surface area contributed by atoms with E-state index >= 15 is 0 Å². The predicted molar refractivity (Wildman–Crippen MR) is 95.0 cm³/mol. The average Bonchev–Trinajstić information content (AvgIpc) is 3.33. The molecule has 0 radical (unpaired) electrons. The molecule has 124 valence electrons. The molecular weight excluding hydrogens is 300 g/mol. The summed E-state index contributed by atoms with van der Waals surface area (Å²) in [7, 11) is 0. The van der Waals surface area contributed by atoms with Crippen LogP contribution in [0.25, 0.3) is 10.8 Å². The lowest BCUT2D eigenvalue weighted by Gasteiger charge is -2.24. The van der Waals surface area contributed by atoms with Crippen LogP contribution in [-0.2, 0) is 0 Å². The van der Waals surface area contributed by atoms with Gasteiger partial charge in [-0.15, -0.1) is 0 Å². The van der Waals surface area contributed by atoms with E-state index in [2.05, 4.69) is 38.9 Å². The first-order chi connectivity index (χ1) is 11.6. The zero-order valence-corrected chi connectivity index (χ0v) is 13.9. The van der Waals surface area contributed by atoms with E-state index in [0.29, 0.717) is 11.7 Å². The van der Waals surface area contributed by atoms with Gasteiger partial charge in [-0.3, -0.25) is 0 Å². The van der Waals surface area contributed by atoms with Crippen LogP contribution in [0.5, 0.6) is 0 Å². The van der Waals surface area contributed by atoms with Crippen LogP contribution in [0.15, 0.2) is 18.3 Å². The second-order valence-corrected chi connectivity index (χ2v) is 7.13. The molecule has 0 spiro atoms. The molecule has 0 bridgehead atoms. The van der Waals surface area contributed by atoms with Gasteiger partial charge in [0.05, 0.1) is 0 Å². The Morgan fingerprint density at radius 3 is 2.96 bits per heavy atom. The molecule has 2 aromatic rings. The predicted octanol–water partition coefficient (Wildman–Crippen LogP) is 2.63. The highest BCUT2D eigenvalue weighted by molar-refractivity contribution is 5.94. The molecule has 4 rings (SSSR count). The van der Waals surface area contributed by atoms with Crippen molar-refractivity contribution in [3.05, 3.63) is 24.0 Å². The van der Waals surface area contributed by atoms with E-state index in [1.807, 2.05) is 12.3 Å². The van der Waals surface area contributed by atoms with E-state index < -0.39 is 0 Å². The van der Waals surface area contributed by atoms with Crippen LogP contribution >= 0.6 is 0 Å². The SMILES string of the molecule is CC1(Nc2nc(C#N)cc3cnc(N[C@H]4CCCNC4)cc23)CC1. The Morgan fingerprint density at radius 1 is 1.38 bits per heavy atom. The molecule has 2 aliphatic rings. The maximum Gasteiger partial charge on any atom is 0.143 e. The Balaban J connectivity index is 1.68. The van der Waals surface area contributed by atoms with E-state index in [1.54, 1.807) is 6.07 Å². The molecule has 1 aliphatic carbocycles. The second kappa shape index (κ2) is 5.91. The normalized spacial score (nSPS) is 21.9. The van der Waals surface area contributed by atoms with Gasteiger partial charge in [0.2, 0.25) is 0 Å². The Hall–Kier alpha value is -2.39. The van der Waals surface area contributed by atoms with Crippen LogP contribution in [0.1, 0.15) is 38.3 Å². The Kier molecular flexibility index (Phi) is 3.73. The summed E-state index contributed by atoms with van der Waals surface area (Å²) >= 11 is 0. The minimum Gasteiger partial charge on any atom is -0.366 e. The van der Waals surface area contributed by atoms with Crippen molar-refractivity contribution >= 4 is 22.4 Å². The molecule has 6 heteroatoms. The summed E-state index contributed by atoms with van der Waals surface area (Å²) in [6.07, 6.45) is 6.44. The van der Waals surface area contributed by atoms with Gasteiger partial charge in [-0.25, -0.2) is 9.97 Å². The lowest BCUT2D eigenvalue weighted by molar-refractivity contribution is 0.479. The third-order valence-corrected chi connectivity index (χ3v) is 4.90. The van der Waals surface area contributed by atoms with Gasteiger partial charge in [-0.2, -0.15) is 5.26 Å². The van der Waals surface area contributed by atoms with Crippen LogP contribution in [0.2, 0.25) is 0 Å². The highest BCUT2D eigenvalue weighted by Crippen LogP contribution is 2.39. The van der Waals surface area contributed by atoms with Gasteiger partial charge in [0.1, 0.15) is 23.4 Å². The summed E-state index contributed by atoms with van der Waals surface area (Å²) in [4.78, 5) is 9.02. The van der Waals surface area contributed by atoms with Crippen LogP contribution in [0.4, 0.5) is 11.6 Å². The maximum atomic E-state index is 9.23. The average molecular weight is 322 g/mol. The number of hydrogen-bond acceptors (Lipinski definition) is 6. The molecule has 1 saturated carbocycles. The Labute approximate surface area is 141 Å². The lowest BCUT2D eigenvalue weighted by atomic mass is 10.1. The number of anilines is 2. The quantitative estimate of drug-likeness (QED) is 0.802. The van der Waals surface area contributed by atoms with Crippen molar-refractivity contribution in [2.45, 2.75) is 44.2 Å². The van der Waals surface area contributed by atoms with Crippen LogP contribution in [0.3, 0.4) is 0 Å². The van der Waals surface area contributed by atoms with E-state index in [9.17, 15) is 5.26 Å². The van der Waals surface area contributed by atoms with Gasteiger partial charge in [0.15, 0.2) is 0 Å². The molecule has 2 fully saturated rings. The molecule has 1 aliphatic heterocycles. The molecule has 1 saturated heterocycles. The fourth-order valence-electron chi connectivity index (χ4n) is 3.16. The number of nitrogens with zero attached hydrogens (tertiary/aromatic N) is 3. The highest BCUT2D eigenvalue weighted by atomic mass is 15.1. The third-order valence-electron chi connectivity index (χ3n) is 4.90. The summed E-state index contributed by atoms with van der Waals surface area (Å²) < 4.78 is 0. The summed E-state index contributed by atoms with van der Waals surface area (Å²) in [5.74, 6) is 1.66. The Morgan fingerprint density at radius 2 is 2.25 bits per heavy atom. The number of nitrogens with one attached hydrogen (secondary N) is 3. The minimum atomic E-state index is 0.109. The molecule has 3 heterocycles. The fourth-order valence-corrected chi connectivity index (χ4v) is 3.16. The molecule has 0 unspecified atom stereocenters. The zero-order valence-electron chi connectivity index (χ0n) is 13.9. The third kappa shape index (κ3) is 3.13. The summed E-state index contributed by atoms with van der Waals surface area (Å²) in [6.45, 7) is 4.25. The fraction of sp³-hybridized carbons (Fsp3) is 0.500. The van der Waals surface area contributed by atoms with Gasteiger partial charge >= 0.3 is 0 Å². The number of fused-ring (bicyclic) bond motifs is 1. The molecule has 3 N–H and O–H groups in total. The molecule has 0 amide bonds. The van der Waals surface area contributed by atoms with Gasteiger partial charge in [-0.05, 0) is 51.3 Å². The largest absolute Gasteiger partial charge is 0.366 e. The Bertz CT molecular complexity index is 799. The van der Waals surface area contributed by atoms with Crippen molar-refractivity contribution < 1.29 is 0 Å². The monoisotopic (exact) mass is 322 g/mol. The van der Waals surface area contributed by atoms with Gasteiger partial charge < -0.3 is 16.0 Å². The van der Waals surface area contributed by atoms with Crippen LogP contribution in [0, 0.1) is 11.3 Å². The highest BCUT2D eigenvalue weighted by Gasteiger charge is 2.37. The number of aromatic nitrogens is 2. The summed E-state index contributed by atoms with van der Waals surface area (Å²) in [6, 6.07) is 6.40. The number of pyridine rings is 2. The lowest BCUT2D eigenvalue weighted by Crippen LogP contribution is -2.38. The van der Waals surface area contributed by atoms with Gasteiger partial charge in [-0.1, -0.05) is 0 Å². The molecular formula is C18H22N6. The number of hydrogen-bond donors (Lipinski definition) is 3. The smallest absolute Gasteiger partial charge is 0.143 e. The van der Waals surface area contributed by atoms with Crippen LogP contribution in [-0.4, -0.2) is 34.6 Å². The van der Waals surface area contributed by atoms with Gasteiger partial charge in [0.25, 0.3) is 0 Å². The first-order valence-corrected chi connectivity index (χ1v) is 8.62. The van der Waals surface area contributed by atoms with Crippen LogP contribution < -0.4 is 16.0 Å². The topological polar surface area (TPSA) is 85.7 Å². The summed E-state index contributed by atoms with van der Waals surface area (Å²) in [5, 5.41) is 21.6. The molecule has 6 nitrogen and oxygen atoms in total. The maximum absolute atomic E-state index is 9.23. The van der Waals surface area contributed by atoms with E-state index in [-0.39, 0.29) is 5.54 Å². The van der Waals surface area contributed by atoms with Crippen molar-refractivity contribution in [3.63, 3.8) is 0 Å². The van der Waals surface area contributed by atoms with E-state index in [4.69, 9.17) is 0 Å². The molecule has 2 aromatic heterocycles. The number of nitriles is 1. The van der Waals surface area contributed by atoms with Crippen molar-refractivity contribution in [2.24, 2.45) is 0 Å². The molecule has 24 heavy (non-hydrogen) atoms. The first kappa shape index (κ1) is 15.2. The molecule has 1 atom stereocenters. The van der Waals surface area contributed by atoms with Crippen molar-refractivity contribution in [1.29, 1.82) is 5.26 Å². The van der Waals surface area contributed by atoms with Crippen molar-refractivity contribution in [3.8, 4) is 6.07 Å². The summed E-state index contributed by atoms with van der Waals surface area (Å²) in [5.41, 5.74) is 0.534. The molecule has 0 aromatic carbocycles.